The minimum absolute atomic E-state index is 0.0731. The lowest BCUT2D eigenvalue weighted by Gasteiger charge is -2.39. The molecular formula is C24H30N6O4. The smallest absolute Gasteiger partial charge is 0.338 e. The van der Waals surface area contributed by atoms with Crippen molar-refractivity contribution in [2.75, 3.05) is 26.3 Å². The number of carbonyl (C=O) groups excluding carboxylic acids is 2. The topological polar surface area (TPSA) is 109 Å². The van der Waals surface area contributed by atoms with E-state index >= 15 is 0 Å². The van der Waals surface area contributed by atoms with Crippen molar-refractivity contribution in [3.63, 3.8) is 0 Å². The molecule has 0 aliphatic carbocycles. The van der Waals surface area contributed by atoms with Gasteiger partial charge < -0.3 is 9.47 Å². The molecule has 180 valence electrons. The molecule has 0 unspecified atom stereocenters. The van der Waals surface area contributed by atoms with Crippen molar-refractivity contribution in [2.24, 2.45) is 20.7 Å². The van der Waals surface area contributed by atoms with E-state index in [9.17, 15) is 9.59 Å². The third-order valence-corrected chi connectivity index (χ3v) is 5.23. The molecule has 1 heterocycles. The first-order valence-corrected chi connectivity index (χ1v) is 11.3. The molecule has 0 N–H and O–H groups in total. The van der Waals surface area contributed by atoms with E-state index in [2.05, 4.69) is 20.7 Å². The molecule has 1 aliphatic rings. The molecule has 10 heteroatoms. The third kappa shape index (κ3) is 6.60. The van der Waals surface area contributed by atoms with E-state index in [1.165, 1.54) is 0 Å². The molecule has 0 saturated carbocycles. The van der Waals surface area contributed by atoms with Crippen LogP contribution in [0.2, 0.25) is 0 Å². The second-order valence-electron chi connectivity index (χ2n) is 7.86. The number of hydrogen-bond donors (Lipinski definition) is 0. The average molecular weight is 467 g/mol. The van der Waals surface area contributed by atoms with Gasteiger partial charge in [-0.15, -0.1) is 10.2 Å². The van der Waals surface area contributed by atoms with Gasteiger partial charge in [-0.2, -0.15) is 0 Å². The van der Waals surface area contributed by atoms with Gasteiger partial charge in [-0.3, -0.25) is 10.0 Å². The first-order valence-electron chi connectivity index (χ1n) is 11.3. The summed E-state index contributed by atoms with van der Waals surface area (Å²) in [5.41, 5.74) is 2.28. The normalized spacial score (nSPS) is 18.5. The Morgan fingerprint density at radius 3 is 1.41 bits per heavy atom. The summed E-state index contributed by atoms with van der Waals surface area (Å²) in [6, 6.07) is 13.8. The lowest BCUT2D eigenvalue weighted by Crippen LogP contribution is -2.52. The van der Waals surface area contributed by atoms with Crippen molar-refractivity contribution >= 4 is 23.3 Å². The van der Waals surface area contributed by atoms with Crippen LogP contribution >= 0.6 is 0 Å². The SMILES string of the molecule is CCOC(=O)c1ccc(N=NN2C[C@H](C)N(N=Nc3ccc(C(=O)OCC)cc3)C[C@H]2C)cc1. The Hall–Kier alpha value is -3.82. The average Bonchev–Trinajstić information content (AvgIpc) is 2.84. The van der Waals surface area contributed by atoms with Gasteiger partial charge in [0.15, 0.2) is 0 Å². The minimum Gasteiger partial charge on any atom is -0.462 e. The van der Waals surface area contributed by atoms with Gasteiger partial charge >= 0.3 is 11.9 Å². The fraction of sp³-hybridized carbons (Fsp3) is 0.417. The Bertz CT molecular complexity index is 939. The predicted molar refractivity (Wildman–Crippen MR) is 126 cm³/mol. The molecule has 0 amide bonds. The second kappa shape index (κ2) is 11.9. The quantitative estimate of drug-likeness (QED) is 0.394. The molecule has 10 nitrogen and oxygen atoms in total. The fourth-order valence-electron chi connectivity index (χ4n) is 3.31. The molecule has 0 radical (unpaired) electrons. The van der Waals surface area contributed by atoms with E-state index < -0.39 is 0 Å². The van der Waals surface area contributed by atoms with E-state index in [1.807, 2.05) is 23.9 Å². The van der Waals surface area contributed by atoms with Crippen LogP contribution < -0.4 is 0 Å². The van der Waals surface area contributed by atoms with Crippen molar-refractivity contribution in [2.45, 2.75) is 39.8 Å². The van der Waals surface area contributed by atoms with Crippen LogP contribution in [0, 0.1) is 0 Å². The highest BCUT2D eigenvalue weighted by Crippen LogP contribution is 2.21. The molecule has 2 aromatic rings. The van der Waals surface area contributed by atoms with Crippen LogP contribution in [0.1, 0.15) is 48.4 Å². The van der Waals surface area contributed by atoms with Gasteiger partial charge in [0, 0.05) is 0 Å². The molecule has 0 bridgehead atoms. The maximum atomic E-state index is 11.8. The highest BCUT2D eigenvalue weighted by Gasteiger charge is 2.28. The van der Waals surface area contributed by atoms with Crippen molar-refractivity contribution in [1.29, 1.82) is 0 Å². The van der Waals surface area contributed by atoms with E-state index in [0.29, 0.717) is 48.8 Å². The van der Waals surface area contributed by atoms with E-state index in [0.717, 1.165) is 0 Å². The second-order valence-corrected chi connectivity index (χ2v) is 7.86. The zero-order chi connectivity index (χ0) is 24.5. The number of ether oxygens (including phenoxy) is 2. The van der Waals surface area contributed by atoms with Crippen molar-refractivity contribution in [1.82, 2.24) is 10.0 Å². The lowest BCUT2D eigenvalue weighted by atomic mass is 10.2. The summed E-state index contributed by atoms with van der Waals surface area (Å²) in [5.74, 6) is -0.706. The molecule has 1 aliphatic heterocycles. The zero-order valence-electron chi connectivity index (χ0n) is 19.9. The number of nitrogens with zero attached hydrogens (tertiary/aromatic N) is 6. The molecule has 0 spiro atoms. The molecule has 0 aromatic heterocycles. The lowest BCUT2D eigenvalue weighted by molar-refractivity contribution is 0.0360. The standard InChI is InChI=1S/C24H30N6O4/c1-5-33-23(31)19-7-11-21(12-8-19)25-27-29-15-18(4)30(16-17(29)3)28-26-22-13-9-20(10-14-22)24(32)34-6-2/h7-14,17-18H,5-6,15-16H2,1-4H3/t17-,18+. The largest absolute Gasteiger partial charge is 0.462 e. The zero-order valence-corrected chi connectivity index (χ0v) is 19.9. The summed E-state index contributed by atoms with van der Waals surface area (Å²) >= 11 is 0. The first-order chi connectivity index (χ1) is 16.4. The highest BCUT2D eigenvalue weighted by molar-refractivity contribution is 5.90. The Balaban J connectivity index is 1.56. The number of piperazine rings is 1. The van der Waals surface area contributed by atoms with Gasteiger partial charge in [-0.25, -0.2) is 9.59 Å². The van der Waals surface area contributed by atoms with Crippen molar-refractivity contribution in [3.8, 4) is 0 Å². The molecule has 2 atom stereocenters. The molecule has 1 fully saturated rings. The summed E-state index contributed by atoms with van der Waals surface area (Å²) < 4.78 is 9.98. The van der Waals surface area contributed by atoms with Crippen LogP contribution in [0.5, 0.6) is 0 Å². The Kier molecular flexibility index (Phi) is 8.66. The summed E-state index contributed by atoms with van der Waals surface area (Å²) in [4.78, 5) is 23.5. The predicted octanol–water partition coefficient (Wildman–Crippen LogP) is 5.13. The van der Waals surface area contributed by atoms with Crippen LogP contribution in [0.3, 0.4) is 0 Å². The summed E-state index contributed by atoms with van der Waals surface area (Å²) in [6.07, 6.45) is 0. The van der Waals surface area contributed by atoms with Gasteiger partial charge in [-0.1, -0.05) is 10.4 Å². The number of hydrogen-bond acceptors (Lipinski definition) is 8. The summed E-state index contributed by atoms with van der Waals surface area (Å²) in [5, 5.41) is 21.2. The third-order valence-electron chi connectivity index (χ3n) is 5.23. The van der Waals surface area contributed by atoms with Gasteiger partial charge in [0.2, 0.25) is 0 Å². The van der Waals surface area contributed by atoms with Crippen molar-refractivity contribution < 1.29 is 19.1 Å². The van der Waals surface area contributed by atoms with Gasteiger partial charge in [-0.05, 0) is 76.2 Å². The molecule has 1 saturated heterocycles. The number of benzene rings is 2. The summed E-state index contributed by atoms with van der Waals surface area (Å²) in [7, 11) is 0. The Morgan fingerprint density at radius 2 is 1.09 bits per heavy atom. The first kappa shape index (κ1) is 24.8. The van der Waals surface area contributed by atoms with Gasteiger partial charge in [0.05, 0.1) is 60.9 Å². The van der Waals surface area contributed by atoms with E-state index in [1.54, 1.807) is 62.4 Å². The van der Waals surface area contributed by atoms with E-state index in [4.69, 9.17) is 9.47 Å². The minimum atomic E-state index is -0.353. The molecule has 3 rings (SSSR count). The van der Waals surface area contributed by atoms with Gasteiger partial charge in [0.25, 0.3) is 0 Å². The molecular weight excluding hydrogens is 436 g/mol. The van der Waals surface area contributed by atoms with Crippen LogP contribution in [0.15, 0.2) is 69.2 Å². The van der Waals surface area contributed by atoms with Crippen LogP contribution in [-0.2, 0) is 9.47 Å². The maximum Gasteiger partial charge on any atom is 0.338 e. The van der Waals surface area contributed by atoms with E-state index in [-0.39, 0.29) is 24.0 Å². The van der Waals surface area contributed by atoms with Crippen LogP contribution in [0.4, 0.5) is 11.4 Å². The maximum absolute atomic E-state index is 11.8. The fourth-order valence-corrected chi connectivity index (χ4v) is 3.31. The highest BCUT2D eigenvalue weighted by atomic mass is 16.5. The molecule has 2 aromatic carbocycles. The van der Waals surface area contributed by atoms with Crippen LogP contribution in [-0.4, -0.2) is 60.3 Å². The number of esters is 2. The van der Waals surface area contributed by atoms with Gasteiger partial charge in [0.1, 0.15) is 0 Å². The monoisotopic (exact) mass is 466 g/mol. The van der Waals surface area contributed by atoms with Crippen molar-refractivity contribution in [3.05, 3.63) is 59.7 Å². The summed E-state index contributed by atoms with van der Waals surface area (Å²) in [6.45, 7) is 9.58. The number of carbonyl (C=O) groups is 2. The Labute approximate surface area is 199 Å². The Morgan fingerprint density at radius 1 is 0.735 bits per heavy atom. The van der Waals surface area contributed by atoms with Crippen LogP contribution in [0.25, 0.3) is 0 Å². The molecule has 34 heavy (non-hydrogen) atoms. The number of rotatable bonds is 8.